The van der Waals surface area contributed by atoms with E-state index in [0.29, 0.717) is 12.8 Å². The highest BCUT2D eigenvalue weighted by molar-refractivity contribution is 7.80. The number of carbonyl (C=O) groups is 1. The zero-order chi connectivity index (χ0) is 37.2. The summed E-state index contributed by atoms with van der Waals surface area (Å²) in [4.78, 5) is 12.9. The summed E-state index contributed by atoms with van der Waals surface area (Å²) in [5, 5.41) is 54.7. The number of hydrogen-bond acceptors (Lipinski definition) is 11. The summed E-state index contributed by atoms with van der Waals surface area (Å²) in [5.74, 6) is -0.723. The van der Waals surface area contributed by atoms with Gasteiger partial charge in [-0.25, -0.2) is 4.18 Å². The van der Waals surface area contributed by atoms with Gasteiger partial charge in [-0.15, -0.1) is 0 Å². The predicted octanol–water partition coefficient (Wildman–Crippen LogP) is 4.18. The van der Waals surface area contributed by atoms with Gasteiger partial charge in [0.05, 0.1) is 25.4 Å². The minimum Gasteiger partial charge on any atom is -0.394 e. The first-order valence-corrected chi connectivity index (χ1v) is 19.8. The van der Waals surface area contributed by atoms with Crippen LogP contribution in [0.5, 0.6) is 0 Å². The Morgan fingerprint density at radius 2 is 1.34 bits per heavy atom. The molecule has 1 rings (SSSR count). The monoisotopic (exact) mass is 735 g/mol. The average molecular weight is 736 g/mol. The summed E-state index contributed by atoms with van der Waals surface area (Å²) in [7, 11) is -5.11. The number of aliphatic hydroxyl groups excluding tert-OH is 5. The largest absolute Gasteiger partial charge is 0.397 e. The molecule has 1 amide bonds. The molecule has 1 aliphatic rings. The number of nitrogens with one attached hydrogen (secondary N) is 1. The third-order valence-electron chi connectivity index (χ3n) is 8.49. The lowest BCUT2D eigenvalue weighted by Gasteiger charge is -2.41. The molecule has 1 aliphatic heterocycles. The highest BCUT2D eigenvalue weighted by Crippen LogP contribution is 2.26. The van der Waals surface area contributed by atoms with Crippen LogP contribution in [0.2, 0.25) is 0 Å². The second-order valence-corrected chi connectivity index (χ2v) is 14.0. The molecule has 0 radical (unpaired) electrons. The van der Waals surface area contributed by atoms with E-state index in [1.165, 1.54) is 44.6 Å². The van der Waals surface area contributed by atoms with Crippen LogP contribution in [0.4, 0.5) is 0 Å². The van der Waals surface area contributed by atoms with Crippen molar-refractivity contribution in [2.24, 2.45) is 0 Å². The lowest BCUT2D eigenvalue weighted by molar-refractivity contribution is -0.298. The van der Waals surface area contributed by atoms with Crippen molar-refractivity contribution in [2.75, 3.05) is 13.2 Å². The Kier molecular flexibility index (Phi) is 25.8. The fourth-order valence-electron chi connectivity index (χ4n) is 5.50. The van der Waals surface area contributed by atoms with Gasteiger partial charge in [0.1, 0.15) is 30.5 Å². The van der Waals surface area contributed by atoms with Crippen molar-refractivity contribution >= 4 is 16.3 Å². The molecule has 0 aromatic heterocycles. The van der Waals surface area contributed by atoms with Crippen molar-refractivity contribution in [1.82, 2.24) is 5.32 Å². The van der Waals surface area contributed by atoms with Crippen molar-refractivity contribution in [3.05, 3.63) is 36.5 Å². The molecule has 7 N–H and O–H groups in total. The number of carbonyl (C=O) groups excluding carboxylic acids is 1. The van der Waals surface area contributed by atoms with E-state index in [1.807, 2.05) is 0 Å². The lowest BCUT2D eigenvalue weighted by Crippen LogP contribution is -2.61. The van der Waals surface area contributed by atoms with Crippen LogP contribution in [-0.4, -0.2) is 107 Å². The second kappa shape index (κ2) is 27.9. The van der Waals surface area contributed by atoms with Gasteiger partial charge in [0, 0.05) is 0 Å². The van der Waals surface area contributed by atoms with Crippen molar-refractivity contribution in [3.63, 3.8) is 0 Å². The van der Waals surface area contributed by atoms with Crippen LogP contribution in [0.3, 0.4) is 0 Å². The lowest BCUT2D eigenvalue weighted by atomic mass is 9.99. The van der Waals surface area contributed by atoms with E-state index in [4.69, 9.17) is 14.0 Å². The summed E-state index contributed by atoms with van der Waals surface area (Å²) in [6.45, 7) is 3.04. The molecular formula is C36H65NO12S. The number of amides is 1. The van der Waals surface area contributed by atoms with Gasteiger partial charge in [0.25, 0.3) is 0 Å². The Labute approximate surface area is 299 Å². The Hall–Kier alpha value is -1.72. The maximum Gasteiger partial charge on any atom is 0.397 e. The summed E-state index contributed by atoms with van der Waals surface area (Å²) >= 11 is 0. The van der Waals surface area contributed by atoms with Gasteiger partial charge in [-0.05, 0) is 38.5 Å². The molecule has 0 spiro atoms. The van der Waals surface area contributed by atoms with Gasteiger partial charge in [0.15, 0.2) is 6.29 Å². The predicted molar refractivity (Wildman–Crippen MR) is 191 cm³/mol. The summed E-state index contributed by atoms with van der Waals surface area (Å²) in [6, 6.07) is -1.14. The maximum absolute atomic E-state index is 12.9. The number of aliphatic hydroxyl groups is 5. The van der Waals surface area contributed by atoms with E-state index in [1.54, 1.807) is 6.08 Å². The van der Waals surface area contributed by atoms with E-state index in [2.05, 4.69) is 47.7 Å². The van der Waals surface area contributed by atoms with Crippen molar-refractivity contribution < 1.29 is 57.0 Å². The molecule has 14 heteroatoms. The zero-order valence-corrected chi connectivity index (χ0v) is 30.9. The van der Waals surface area contributed by atoms with Gasteiger partial charge in [-0.2, -0.15) is 8.42 Å². The summed E-state index contributed by atoms with van der Waals surface area (Å²) < 4.78 is 47.1. The highest BCUT2D eigenvalue weighted by atomic mass is 32.3. The molecule has 0 aliphatic carbocycles. The van der Waals surface area contributed by atoms with Crippen molar-refractivity contribution in [1.29, 1.82) is 0 Å². The zero-order valence-electron chi connectivity index (χ0n) is 30.1. The first-order chi connectivity index (χ1) is 23.9. The Balaban J connectivity index is 2.79. The molecule has 8 unspecified atom stereocenters. The maximum atomic E-state index is 12.9. The van der Waals surface area contributed by atoms with Gasteiger partial charge in [-0.3, -0.25) is 9.35 Å². The van der Waals surface area contributed by atoms with E-state index >= 15 is 0 Å². The Morgan fingerprint density at radius 1 is 0.800 bits per heavy atom. The van der Waals surface area contributed by atoms with Crippen LogP contribution < -0.4 is 5.32 Å². The van der Waals surface area contributed by atoms with Crippen molar-refractivity contribution in [3.8, 4) is 0 Å². The number of allylic oxidation sites excluding steroid dienone is 5. The normalized spacial score (nSPS) is 23.6. The third-order valence-corrected chi connectivity index (χ3v) is 8.96. The van der Waals surface area contributed by atoms with Gasteiger partial charge in [-0.1, -0.05) is 121 Å². The smallest absolute Gasteiger partial charge is 0.394 e. The first-order valence-electron chi connectivity index (χ1n) is 18.5. The first kappa shape index (κ1) is 46.3. The molecule has 1 fully saturated rings. The second-order valence-electron chi connectivity index (χ2n) is 12.9. The molecule has 292 valence electrons. The number of rotatable bonds is 29. The molecule has 1 heterocycles. The molecule has 0 aromatic rings. The standard InChI is InChI=1S/C36H65NO12S/c1-3-5-7-9-11-13-15-17-18-20-22-24-29(39)28(37-35(43)30(40)25-23-21-19-16-14-12-10-8-6-4-2)27-47-36-33(42)34(49-50(44,45)46)32(41)31(26-38)48-36/h7,9,15,17,22,24,28-34,36,38-42H,3-6,8,10-14,16,18-21,23,25-27H2,1-2H3,(H,37,43)(H,44,45,46)/b9-7+,17-15+,24-22+. The van der Waals surface area contributed by atoms with Gasteiger partial charge in [0.2, 0.25) is 5.91 Å². The molecule has 0 bridgehead atoms. The molecule has 8 atom stereocenters. The molecule has 1 saturated heterocycles. The molecular weight excluding hydrogens is 670 g/mol. The van der Waals surface area contributed by atoms with Crippen molar-refractivity contribution in [2.45, 2.75) is 172 Å². The Morgan fingerprint density at radius 3 is 1.88 bits per heavy atom. The molecule has 50 heavy (non-hydrogen) atoms. The summed E-state index contributed by atoms with van der Waals surface area (Å²) in [6.07, 6.45) is 17.0. The summed E-state index contributed by atoms with van der Waals surface area (Å²) in [5.41, 5.74) is 0. The average Bonchev–Trinajstić information content (AvgIpc) is 3.08. The minimum atomic E-state index is -5.11. The topological polar surface area (TPSA) is 212 Å². The van der Waals surface area contributed by atoms with Crippen LogP contribution in [0, 0.1) is 0 Å². The molecule has 0 aromatic carbocycles. The minimum absolute atomic E-state index is 0.234. The van der Waals surface area contributed by atoms with Crippen LogP contribution in [0.25, 0.3) is 0 Å². The quantitative estimate of drug-likeness (QED) is 0.0328. The van der Waals surface area contributed by atoms with Crippen LogP contribution in [0.15, 0.2) is 36.5 Å². The fourth-order valence-corrected chi connectivity index (χ4v) is 6.01. The third kappa shape index (κ3) is 21.0. The van der Waals surface area contributed by atoms with Gasteiger partial charge < -0.3 is 40.3 Å². The van der Waals surface area contributed by atoms with E-state index < -0.39 is 78.5 Å². The van der Waals surface area contributed by atoms with Crippen LogP contribution >= 0.6 is 0 Å². The highest BCUT2D eigenvalue weighted by Gasteiger charge is 2.48. The van der Waals surface area contributed by atoms with Gasteiger partial charge >= 0.3 is 10.4 Å². The van der Waals surface area contributed by atoms with E-state index in [9.17, 15) is 38.7 Å². The van der Waals surface area contributed by atoms with Crippen LogP contribution in [0.1, 0.15) is 123 Å². The SMILES string of the molecule is CCC/C=C/CC/C=C/CC/C=C/C(O)C(COC1OC(CO)C(O)C(OS(=O)(=O)O)C1O)NC(=O)C(O)CCCCCCCCCCCC. The molecule has 0 saturated carbocycles. The fraction of sp³-hybridized carbons (Fsp3) is 0.806. The Bertz CT molecular complexity index is 1070. The van der Waals surface area contributed by atoms with E-state index in [-0.39, 0.29) is 6.42 Å². The molecule has 13 nitrogen and oxygen atoms in total. The number of ether oxygens (including phenoxy) is 2. The number of unbranched alkanes of at least 4 members (excludes halogenated alkanes) is 12. The van der Waals surface area contributed by atoms with E-state index in [0.717, 1.165) is 51.4 Å². The number of hydrogen-bond donors (Lipinski definition) is 7. The van der Waals surface area contributed by atoms with Crippen LogP contribution in [-0.2, 0) is 28.9 Å².